The third-order valence-corrected chi connectivity index (χ3v) is 4.08. The number of hydrogen-bond acceptors (Lipinski definition) is 2. The molecule has 2 heteroatoms. The van der Waals surface area contributed by atoms with E-state index in [1.54, 1.807) is 0 Å². The third-order valence-electron chi connectivity index (χ3n) is 4.08. The van der Waals surface area contributed by atoms with Crippen LogP contribution in [-0.4, -0.2) is 17.8 Å². The molecule has 0 aromatic heterocycles. The summed E-state index contributed by atoms with van der Waals surface area (Å²) in [6, 6.07) is 8.50. The lowest BCUT2D eigenvalue weighted by Gasteiger charge is -2.37. The van der Waals surface area contributed by atoms with Gasteiger partial charge in [0.15, 0.2) is 0 Å². The number of benzene rings is 1. The average Bonchev–Trinajstić information content (AvgIpc) is 2.40. The van der Waals surface area contributed by atoms with Crippen LogP contribution in [0.3, 0.4) is 0 Å². The van der Waals surface area contributed by atoms with E-state index in [1.807, 2.05) is 0 Å². The van der Waals surface area contributed by atoms with Crippen LogP contribution in [0.5, 0.6) is 0 Å². The molecule has 1 aliphatic rings. The van der Waals surface area contributed by atoms with Gasteiger partial charge in [-0.15, -0.1) is 0 Å². The molecule has 1 aliphatic heterocycles. The van der Waals surface area contributed by atoms with Crippen LogP contribution in [0.1, 0.15) is 57.1 Å². The first kappa shape index (κ1) is 14.5. The van der Waals surface area contributed by atoms with Crippen LogP contribution in [0.25, 0.3) is 0 Å². The lowest BCUT2D eigenvalue weighted by molar-refractivity contribution is -0.110. The van der Waals surface area contributed by atoms with Gasteiger partial charge in [-0.1, -0.05) is 51.0 Å². The fraction of sp³-hybridized carbons (Fsp3) is 0.647. The van der Waals surface area contributed by atoms with E-state index in [4.69, 9.17) is 4.74 Å². The van der Waals surface area contributed by atoms with E-state index in [1.165, 1.54) is 5.56 Å². The second kappa shape index (κ2) is 6.53. The second-order valence-electron chi connectivity index (χ2n) is 5.71. The molecule has 0 spiro atoms. The molecular weight excluding hydrogens is 236 g/mol. The molecule has 0 amide bonds. The normalized spacial score (nSPS) is 27.4. The van der Waals surface area contributed by atoms with Gasteiger partial charge < -0.3 is 9.84 Å². The first-order valence-electron chi connectivity index (χ1n) is 7.61. The van der Waals surface area contributed by atoms with Crippen LogP contribution in [0.2, 0.25) is 0 Å². The Kier molecular flexibility index (Phi) is 5.00. The van der Waals surface area contributed by atoms with Gasteiger partial charge in [-0.25, -0.2) is 0 Å². The zero-order valence-corrected chi connectivity index (χ0v) is 12.2. The summed E-state index contributed by atoms with van der Waals surface area (Å²) >= 11 is 0. The smallest absolute Gasteiger partial charge is 0.0943 e. The number of hydrogen-bond donors (Lipinski definition) is 1. The van der Waals surface area contributed by atoms with Crippen molar-refractivity contribution in [2.45, 2.75) is 64.1 Å². The molecule has 0 bridgehead atoms. The molecule has 1 heterocycles. The van der Waals surface area contributed by atoms with Crippen molar-refractivity contribution >= 4 is 0 Å². The van der Waals surface area contributed by atoms with Crippen molar-refractivity contribution in [3.8, 4) is 0 Å². The van der Waals surface area contributed by atoms with Gasteiger partial charge in [0.1, 0.15) is 0 Å². The molecule has 0 aliphatic carbocycles. The molecule has 1 saturated heterocycles. The Hall–Kier alpha value is -0.860. The molecule has 106 valence electrons. The van der Waals surface area contributed by atoms with Gasteiger partial charge in [-0.05, 0) is 24.0 Å². The minimum Gasteiger partial charge on any atom is -0.385 e. The molecule has 1 fully saturated rings. The van der Waals surface area contributed by atoms with Crippen LogP contribution in [0.15, 0.2) is 24.3 Å². The molecular formula is C17H26O2. The number of ether oxygens (including phenoxy) is 1. The summed E-state index contributed by atoms with van der Waals surface area (Å²) in [6.07, 6.45) is 6.07. The Morgan fingerprint density at radius 3 is 2.58 bits per heavy atom. The molecule has 2 unspecified atom stereocenters. The first-order valence-corrected chi connectivity index (χ1v) is 7.61. The van der Waals surface area contributed by atoms with Crippen molar-refractivity contribution < 1.29 is 9.84 Å². The van der Waals surface area contributed by atoms with E-state index in [9.17, 15) is 5.11 Å². The summed E-state index contributed by atoms with van der Waals surface area (Å²) in [4.78, 5) is 0. The van der Waals surface area contributed by atoms with Crippen molar-refractivity contribution in [1.82, 2.24) is 0 Å². The number of aliphatic hydroxyl groups is 1. The molecule has 2 atom stereocenters. The van der Waals surface area contributed by atoms with E-state index in [2.05, 4.69) is 38.1 Å². The number of aryl methyl sites for hydroxylation is 1. The Morgan fingerprint density at radius 2 is 1.95 bits per heavy atom. The molecule has 1 aromatic carbocycles. The topological polar surface area (TPSA) is 29.5 Å². The van der Waals surface area contributed by atoms with Gasteiger partial charge in [-0.2, -0.15) is 0 Å². The Labute approximate surface area is 116 Å². The maximum absolute atomic E-state index is 10.9. The highest BCUT2D eigenvalue weighted by Crippen LogP contribution is 2.36. The lowest BCUT2D eigenvalue weighted by Crippen LogP contribution is -2.38. The van der Waals surface area contributed by atoms with Gasteiger partial charge in [0.05, 0.1) is 18.3 Å². The van der Waals surface area contributed by atoms with E-state index in [0.29, 0.717) is 13.0 Å². The largest absolute Gasteiger partial charge is 0.385 e. The summed E-state index contributed by atoms with van der Waals surface area (Å²) in [6.45, 7) is 5.02. The lowest BCUT2D eigenvalue weighted by atomic mass is 9.82. The van der Waals surface area contributed by atoms with Gasteiger partial charge in [0.25, 0.3) is 0 Å². The summed E-state index contributed by atoms with van der Waals surface area (Å²) in [5.41, 5.74) is 1.71. The quantitative estimate of drug-likeness (QED) is 0.874. The van der Waals surface area contributed by atoms with Gasteiger partial charge in [0, 0.05) is 12.8 Å². The van der Waals surface area contributed by atoms with Crippen molar-refractivity contribution in [2.75, 3.05) is 6.61 Å². The zero-order chi connectivity index (χ0) is 13.7. The van der Waals surface area contributed by atoms with Crippen molar-refractivity contribution in [2.24, 2.45) is 0 Å². The molecule has 1 N–H and O–H groups in total. The van der Waals surface area contributed by atoms with E-state index in [-0.39, 0.29) is 6.10 Å². The Morgan fingerprint density at radius 1 is 1.21 bits per heavy atom. The van der Waals surface area contributed by atoms with Gasteiger partial charge in [-0.3, -0.25) is 0 Å². The molecule has 1 aromatic rings. The van der Waals surface area contributed by atoms with Crippen LogP contribution in [0, 0.1) is 0 Å². The molecule has 2 rings (SSSR count). The van der Waals surface area contributed by atoms with Crippen molar-refractivity contribution in [1.29, 1.82) is 0 Å². The SMILES string of the molecule is CCCc1ccc(C2(O)CCOC(CCC)C2)cc1. The van der Waals surface area contributed by atoms with Gasteiger partial charge >= 0.3 is 0 Å². The highest BCUT2D eigenvalue weighted by Gasteiger charge is 2.36. The zero-order valence-electron chi connectivity index (χ0n) is 12.2. The van der Waals surface area contributed by atoms with Crippen LogP contribution >= 0.6 is 0 Å². The fourth-order valence-corrected chi connectivity index (χ4v) is 2.97. The third kappa shape index (κ3) is 3.58. The summed E-state index contributed by atoms with van der Waals surface area (Å²) in [5, 5.41) is 10.9. The maximum Gasteiger partial charge on any atom is 0.0943 e. The maximum atomic E-state index is 10.9. The summed E-state index contributed by atoms with van der Waals surface area (Å²) < 4.78 is 5.74. The highest BCUT2D eigenvalue weighted by molar-refractivity contribution is 5.28. The Bertz CT molecular complexity index is 383. The minimum absolute atomic E-state index is 0.207. The van der Waals surface area contributed by atoms with Crippen molar-refractivity contribution in [3.63, 3.8) is 0 Å². The molecule has 19 heavy (non-hydrogen) atoms. The first-order chi connectivity index (χ1) is 9.18. The standard InChI is InChI=1S/C17H26O2/c1-3-5-14-7-9-15(10-8-14)17(18)11-12-19-16(13-17)6-4-2/h7-10,16,18H,3-6,11-13H2,1-2H3. The minimum atomic E-state index is -0.692. The average molecular weight is 262 g/mol. The predicted molar refractivity (Wildman–Crippen MR) is 78.2 cm³/mol. The predicted octanol–water partition coefficient (Wildman–Crippen LogP) is 3.81. The molecule has 0 saturated carbocycles. The monoisotopic (exact) mass is 262 g/mol. The number of rotatable bonds is 5. The van der Waals surface area contributed by atoms with Crippen molar-refractivity contribution in [3.05, 3.63) is 35.4 Å². The van der Waals surface area contributed by atoms with E-state index >= 15 is 0 Å². The van der Waals surface area contributed by atoms with Crippen LogP contribution in [0.4, 0.5) is 0 Å². The highest BCUT2D eigenvalue weighted by atomic mass is 16.5. The fourth-order valence-electron chi connectivity index (χ4n) is 2.97. The van der Waals surface area contributed by atoms with Crippen LogP contribution in [-0.2, 0) is 16.8 Å². The van der Waals surface area contributed by atoms with E-state index < -0.39 is 5.60 Å². The summed E-state index contributed by atoms with van der Waals surface area (Å²) in [5.74, 6) is 0. The Balaban J connectivity index is 2.09. The molecule has 2 nitrogen and oxygen atoms in total. The van der Waals surface area contributed by atoms with Crippen LogP contribution < -0.4 is 0 Å². The second-order valence-corrected chi connectivity index (χ2v) is 5.71. The summed E-state index contributed by atoms with van der Waals surface area (Å²) in [7, 11) is 0. The van der Waals surface area contributed by atoms with Gasteiger partial charge in [0.2, 0.25) is 0 Å². The molecule has 0 radical (unpaired) electrons. The van der Waals surface area contributed by atoms with E-state index in [0.717, 1.165) is 37.7 Å².